The maximum atomic E-state index is 13.8. The zero-order valence-corrected chi connectivity index (χ0v) is 29.6. The van der Waals surface area contributed by atoms with Crippen LogP contribution in [0.25, 0.3) is 0 Å². The number of hydrogen-bond acceptors (Lipinski definition) is 7. The summed E-state index contributed by atoms with van der Waals surface area (Å²) in [5, 5.41) is 5.60. The van der Waals surface area contributed by atoms with E-state index < -0.39 is 27.9 Å². The number of ether oxygens (including phenoxy) is 3. The minimum Gasteiger partial charge on any atom is -0.491 e. The van der Waals surface area contributed by atoms with Crippen molar-refractivity contribution < 1.29 is 28.0 Å². The SMILES string of the molecule is CO[C@H]1/C=C/C[C@H](C)C(NC(=O)N[C@H]2C[C@H]2OC)/[SH](=O)=N\C(=O)c2ccc3c(c2)N(Cc2ccc(Cl)cc2CCCCO3)C[C@@H]2CC[C@H]21. The van der Waals surface area contributed by atoms with Gasteiger partial charge in [0, 0.05) is 37.9 Å². The number of carbonyl (C=O) groups is 2. The summed E-state index contributed by atoms with van der Waals surface area (Å²) >= 11 is 6.44. The van der Waals surface area contributed by atoms with Crippen molar-refractivity contribution >= 4 is 39.8 Å². The summed E-state index contributed by atoms with van der Waals surface area (Å²) < 4.78 is 35.6. The van der Waals surface area contributed by atoms with E-state index in [9.17, 15) is 13.8 Å². The molecule has 12 heteroatoms. The third kappa shape index (κ3) is 8.18. The Bertz CT molecular complexity index is 1610. The first-order valence-electron chi connectivity index (χ1n) is 17.0. The van der Waals surface area contributed by atoms with Gasteiger partial charge in [-0.05, 0) is 104 Å². The average molecular weight is 699 g/mol. The molecule has 6 rings (SSSR count). The number of allylic oxidation sites excluding steroid dienone is 1. The van der Waals surface area contributed by atoms with Gasteiger partial charge < -0.3 is 29.7 Å². The number of benzene rings is 2. The van der Waals surface area contributed by atoms with Crippen LogP contribution < -0.4 is 20.3 Å². The first-order chi connectivity index (χ1) is 23.2. The Morgan fingerprint density at radius 1 is 1.08 bits per heavy atom. The summed E-state index contributed by atoms with van der Waals surface area (Å²) in [5.41, 5.74) is 3.53. The highest BCUT2D eigenvalue weighted by atomic mass is 35.5. The van der Waals surface area contributed by atoms with Crippen LogP contribution in [-0.4, -0.2) is 67.1 Å². The molecule has 2 aliphatic carbocycles. The second-order valence-electron chi connectivity index (χ2n) is 13.5. The van der Waals surface area contributed by atoms with E-state index in [1.807, 2.05) is 31.2 Å². The molecule has 0 radical (unpaired) electrons. The Morgan fingerprint density at radius 2 is 1.94 bits per heavy atom. The van der Waals surface area contributed by atoms with Gasteiger partial charge in [0.1, 0.15) is 11.1 Å². The molecule has 2 fully saturated rings. The predicted molar refractivity (Wildman–Crippen MR) is 188 cm³/mol. The summed E-state index contributed by atoms with van der Waals surface area (Å²) in [7, 11) is 0.843. The fraction of sp³-hybridized carbons (Fsp3) is 0.556. The molecule has 2 aromatic carbocycles. The molecule has 3 amide bonds. The van der Waals surface area contributed by atoms with Crippen LogP contribution in [0.3, 0.4) is 0 Å². The third-order valence-corrected chi connectivity index (χ3v) is 12.0. The lowest BCUT2D eigenvalue weighted by molar-refractivity contribution is 0.0133. The van der Waals surface area contributed by atoms with Gasteiger partial charge in [-0.25, -0.2) is 4.79 Å². The number of thiol groups is 1. The molecule has 2 aliphatic heterocycles. The highest BCUT2D eigenvalue weighted by Gasteiger charge is 2.40. The Labute approximate surface area is 290 Å². The number of hydrogen-bond donors (Lipinski definition) is 3. The number of nitrogens with one attached hydrogen (secondary N) is 2. The van der Waals surface area contributed by atoms with Crippen LogP contribution in [0.2, 0.25) is 5.02 Å². The minimum absolute atomic E-state index is 0.0279. The minimum atomic E-state index is -2.51. The maximum Gasteiger partial charge on any atom is 0.316 e. The van der Waals surface area contributed by atoms with Gasteiger partial charge in [-0.15, -0.1) is 0 Å². The summed E-state index contributed by atoms with van der Waals surface area (Å²) in [4.78, 5) is 28.9. The van der Waals surface area contributed by atoms with Crippen molar-refractivity contribution in [3.05, 3.63) is 70.3 Å². The fourth-order valence-corrected chi connectivity index (χ4v) is 8.50. The highest BCUT2D eigenvalue weighted by molar-refractivity contribution is 7.76. The molecule has 2 N–H and O–H groups in total. The lowest BCUT2D eigenvalue weighted by Gasteiger charge is -2.43. The first-order valence-corrected chi connectivity index (χ1v) is 18.7. The molecule has 48 heavy (non-hydrogen) atoms. The number of nitrogens with zero attached hydrogens (tertiary/aromatic N) is 2. The zero-order chi connectivity index (χ0) is 33.8. The molecule has 2 aromatic rings. The molecule has 2 bridgehead atoms. The van der Waals surface area contributed by atoms with E-state index in [0.717, 1.165) is 55.8 Å². The van der Waals surface area contributed by atoms with Gasteiger partial charge in [-0.2, -0.15) is 4.36 Å². The van der Waals surface area contributed by atoms with E-state index in [4.69, 9.17) is 25.8 Å². The maximum absolute atomic E-state index is 13.8. The quantitative estimate of drug-likeness (QED) is 0.268. The Balaban J connectivity index is 1.38. The van der Waals surface area contributed by atoms with E-state index in [1.165, 1.54) is 11.1 Å². The third-order valence-electron chi connectivity index (χ3n) is 10.2. The molecule has 2 saturated carbocycles. The molecule has 0 aromatic heterocycles. The van der Waals surface area contributed by atoms with Crippen LogP contribution in [0.1, 0.15) is 66.9 Å². The Hall–Kier alpha value is -3.12. The van der Waals surface area contributed by atoms with E-state index in [2.05, 4.69) is 38.1 Å². The monoisotopic (exact) mass is 698 g/mol. The largest absolute Gasteiger partial charge is 0.491 e. The smallest absolute Gasteiger partial charge is 0.316 e. The molecule has 2 unspecified atom stereocenters. The van der Waals surface area contributed by atoms with Gasteiger partial charge in [-0.1, -0.05) is 36.7 Å². The number of anilines is 1. The van der Waals surface area contributed by atoms with Crippen molar-refractivity contribution in [1.29, 1.82) is 0 Å². The van der Waals surface area contributed by atoms with Crippen molar-refractivity contribution in [3.63, 3.8) is 0 Å². The molecule has 0 spiro atoms. The molecule has 10 nitrogen and oxygen atoms in total. The lowest BCUT2D eigenvalue weighted by Crippen LogP contribution is -2.47. The highest BCUT2D eigenvalue weighted by Crippen LogP contribution is 2.42. The molecular weight excluding hydrogens is 652 g/mol. The van der Waals surface area contributed by atoms with Crippen molar-refractivity contribution in [2.24, 2.45) is 22.1 Å². The number of amides is 3. The number of rotatable bonds is 4. The van der Waals surface area contributed by atoms with E-state index in [0.29, 0.717) is 42.7 Å². The van der Waals surface area contributed by atoms with Gasteiger partial charge in [-0.3, -0.25) is 9.00 Å². The number of fused-ring (bicyclic) bond motifs is 3. The normalized spacial score (nSPS) is 31.7. The van der Waals surface area contributed by atoms with E-state index >= 15 is 0 Å². The summed E-state index contributed by atoms with van der Waals surface area (Å²) in [6.07, 6.45) is 10.1. The van der Waals surface area contributed by atoms with Crippen LogP contribution in [0.4, 0.5) is 10.5 Å². The van der Waals surface area contributed by atoms with Gasteiger partial charge in [0.25, 0.3) is 5.91 Å². The molecule has 8 atom stereocenters. The molecule has 0 saturated heterocycles. The van der Waals surface area contributed by atoms with Gasteiger partial charge in [0.2, 0.25) is 0 Å². The van der Waals surface area contributed by atoms with Gasteiger partial charge >= 0.3 is 6.03 Å². The van der Waals surface area contributed by atoms with Crippen LogP contribution >= 0.6 is 11.6 Å². The van der Waals surface area contributed by atoms with Crippen molar-refractivity contribution in [2.75, 3.05) is 32.3 Å². The van der Waals surface area contributed by atoms with Crippen LogP contribution in [-0.2, 0) is 33.0 Å². The number of carbonyl (C=O) groups excluding carboxylic acids is 2. The van der Waals surface area contributed by atoms with Crippen LogP contribution in [0.5, 0.6) is 5.75 Å². The summed E-state index contributed by atoms with van der Waals surface area (Å²) in [6, 6.07) is 10.9. The lowest BCUT2D eigenvalue weighted by atomic mass is 9.70. The zero-order valence-electron chi connectivity index (χ0n) is 27.9. The molecule has 2 heterocycles. The average Bonchev–Trinajstić information content (AvgIpc) is 3.82. The fourth-order valence-electron chi connectivity index (χ4n) is 7.10. The number of methoxy groups -OCH3 is 2. The molecular formula is C36H47ClN4O6S. The van der Waals surface area contributed by atoms with Crippen LogP contribution in [0, 0.1) is 17.8 Å². The van der Waals surface area contributed by atoms with Crippen molar-refractivity contribution in [2.45, 2.75) is 82.0 Å². The number of urea groups is 1. The van der Waals surface area contributed by atoms with Gasteiger partial charge in [0.15, 0.2) is 0 Å². The summed E-state index contributed by atoms with van der Waals surface area (Å²) in [5.74, 6) is 0.508. The van der Waals surface area contributed by atoms with Gasteiger partial charge in [0.05, 0.1) is 41.1 Å². The Morgan fingerprint density at radius 3 is 2.69 bits per heavy atom. The standard InChI is InChI=1S/C36H47ClN4O6S/c1-22-7-6-9-31(45-2)28-14-11-26(28)21-41-20-25-10-13-27(37)17-23(25)8-4-5-16-47-32-15-12-24(18-30(32)41)34(42)40-48(44)35(22)39-36(43)38-29-19-33(29)46-3/h6,9-10,12-13,15,17-18,22,26,28-29,31,33,35,48H,4-5,7-8,11,14,16,19-21H2,1-3H3,(H2,38,39,43)/b9-6+/t22-,26-,28+,29-,31-,33+,35?/m0/s1. The molecule has 260 valence electrons. The van der Waals surface area contributed by atoms with Crippen molar-refractivity contribution in [3.8, 4) is 5.75 Å². The van der Waals surface area contributed by atoms with Crippen LogP contribution in [0.15, 0.2) is 52.9 Å². The second kappa shape index (κ2) is 15.6. The number of aryl methyl sites for hydroxylation is 1. The predicted octanol–water partition coefficient (Wildman–Crippen LogP) is 5.92. The first kappa shape index (κ1) is 34.7. The van der Waals surface area contributed by atoms with E-state index in [-0.39, 0.29) is 24.2 Å². The summed E-state index contributed by atoms with van der Waals surface area (Å²) in [6.45, 7) is 3.82. The topological polar surface area (TPSA) is 119 Å². The van der Waals surface area contributed by atoms with E-state index in [1.54, 1.807) is 20.3 Å². The Kier molecular flexibility index (Phi) is 11.3. The number of halogens is 1. The second-order valence-corrected chi connectivity index (χ2v) is 15.3. The molecule has 4 aliphatic rings. The van der Waals surface area contributed by atoms with Crippen molar-refractivity contribution in [1.82, 2.24) is 10.6 Å².